The van der Waals surface area contributed by atoms with E-state index < -0.39 is 0 Å². The van der Waals surface area contributed by atoms with Gasteiger partial charge in [0.1, 0.15) is 0 Å². The first-order chi connectivity index (χ1) is 13.6. The Morgan fingerprint density at radius 2 is 1.75 bits per heavy atom. The summed E-state index contributed by atoms with van der Waals surface area (Å²) in [6.45, 7) is 5.82. The first-order valence-electron chi connectivity index (χ1n) is 10.3. The fraction of sp³-hybridized carbons (Fsp3) is 0.435. The second-order valence-electron chi connectivity index (χ2n) is 8.22. The molecule has 0 bridgehead atoms. The molecule has 5 nitrogen and oxygen atoms in total. The molecule has 2 unspecified atom stereocenters. The quantitative estimate of drug-likeness (QED) is 0.752. The highest BCUT2D eigenvalue weighted by Crippen LogP contribution is 2.31. The van der Waals surface area contributed by atoms with Crippen molar-refractivity contribution in [1.82, 2.24) is 15.8 Å². The smallest absolute Gasteiger partial charge is 0.321 e. The molecule has 2 saturated heterocycles. The number of rotatable bonds is 3. The van der Waals surface area contributed by atoms with Crippen LogP contribution in [0.15, 0.2) is 48.5 Å². The Labute approximate surface area is 167 Å². The van der Waals surface area contributed by atoms with Crippen molar-refractivity contribution in [3.05, 3.63) is 65.2 Å². The third-order valence-corrected chi connectivity index (χ3v) is 6.08. The van der Waals surface area contributed by atoms with Gasteiger partial charge >= 0.3 is 6.03 Å². The average Bonchev–Trinajstić information content (AvgIpc) is 3.20. The summed E-state index contributed by atoms with van der Waals surface area (Å²) >= 11 is 0. The molecule has 2 fully saturated rings. The van der Waals surface area contributed by atoms with Gasteiger partial charge in [-0.2, -0.15) is 0 Å². The normalized spacial score (nSPS) is 23.0. The monoisotopic (exact) mass is 378 g/mol. The molecule has 0 saturated carbocycles. The van der Waals surface area contributed by atoms with Crippen LogP contribution in [0.1, 0.15) is 42.0 Å². The second-order valence-corrected chi connectivity index (χ2v) is 8.22. The minimum atomic E-state index is 0.0115. The van der Waals surface area contributed by atoms with Crippen molar-refractivity contribution in [2.45, 2.75) is 45.2 Å². The van der Waals surface area contributed by atoms with Crippen LogP contribution in [0.25, 0.3) is 0 Å². The molecule has 2 aromatic rings. The molecule has 0 aliphatic carbocycles. The van der Waals surface area contributed by atoms with Gasteiger partial charge < -0.3 is 10.2 Å². The predicted molar refractivity (Wildman–Crippen MR) is 113 cm³/mol. The van der Waals surface area contributed by atoms with Gasteiger partial charge in [-0.3, -0.25) is 10.9 Å². The molecular formula is C23H30N4O. The van der Waals surface area contributed by atoms with E-state index in [-0.39, 0.29) is 6.03 Å². The first kappa shape index (κ1) is 19.0. The van der Waals surface area contributed by atoms with Crippen LogP contribution < -0.4 is 16.2 Å². The van der Waals surface area contributed by atoms with Gasteiger partial charge in [0.15, 0.2) is 0 Å². The van der Waals surface area contributed by atoms with Gasteiger partial charge in [0, 0.05) is 30.9 Å². The molecule has 2 aromatic carbocycles. The molecule has 5 heteroatoms. The summed E-state index contributed by atoms with van der Waals surface area (Å²) < 4.78 is 0. The fourth-order valence-corrected chi connectivity index (χ4v) is 4.34. The Bertz CT molecular complexity index is 812. The van der Waals surface area contributed by atoms with Crippen LogP contribution in [0.5, 0.6) is 0 Å². The lowest BCUT2D eigenvalue weighted by Gasteiger charge is -2.34. The van der Waals surface area contributed by atoms with Crippen LogP contribution in [0.4, 0.5) is 10.5 Å². The van der Waals surface area contributed by atoms with E-state index in [4.69, 9.17) is 0 Å². The number of benzene rings is 2. The Morgan fingerprint density at radius 1 is 1.00 bits per heavy atom. The minimum Gasteiger partial charge on any atom is -0.325 e. The Balaban J connectivity index is 1.27. The lowest BCUT2D eigenvalue weighted by atomic mass is 9.86. The number of hydrazine groups is 1. The SMILES string of the molecule is Cc1ccc(NC(=O)N2CCC(C3CC(c4cccc(C)c4)NN3)CC2)cc1. The lowest BCUT2D eigenvalue weighted by molar-refractivity contribution is 0.169. The summed E-state index contributed by atoms with van der Waals surface area (Å²) in [4.78, 5) is 14.5. The number of nitrogens with zero attached hydrogens (tertiary/aromatic N) is 1. The lowest BCUT2D eigenvalue weighted by Crippen LogP contribution is -2.45. The molecule has 2 heterocycles. The molecule has 2 amide bonds. The molecule has 3 N–H and O–H groups in total. The molecule has 0 aromatic heterocycles. The number of amides is 2. The third-order valence-electron chi connectivity index (χ3n) is 6.08. The number of anilines is 1. The van der Waals surface area contributed by atoms with E-state index in [2.05, 4.69) is 47.4 Å². The van der Waals surface area contributed by atoms with Gasteiger partial charge in [-0.15, -0.1) is 0 Å². The topological polar surface area (TPSA) is 56.4 Å². The van der Waals surface area contributed by atoms with Crippen LogP contribution in [-0.4, -0.2) is 30.1 Å². The molecule has 148 valence electrons. The summed E-state index contributed by atoms with van der Waals surface area (Å²) in [5.74, 6) is 0.603. The Morgan fingerprint density at radius 3 is 2.46 bits per heavy atom. The minimum absolute atomic E-state index is 0.0115. The number of piperidine rings is 1. The zero-order valence-corrected chi connectivity index (χ0v) is 16.7. The standard InChI is InChI=1S/C23H30N4O/c1-16-6-8-20(9-7-16)24-23(28)27-12-10-18(11-13-27)21-15-22(26-25-21)19-5-3-4-17(2)14-19/h3-9,14,18,21-22,25-26H,10-13,15H2,1-2H3,(H,24,28). The van der Waals surface area contributed by atoms with Crippen molar-refractivity contribution >= 4 is 11.7 Å². The van der Waals surface area contributed by atoms with Crippen molar-refractivity contribution in [3.8, 4) is 0 Å². The molecule has 2 atom stereocenters. The summed E-state index contributed by atoms with van der Waals surface area (Å²) in [7, 11) is 0. The fourth-order valence-electron chi connectivity index (χ4n) is 4.34. The molecule has 2 aliphatic rings. The molecule has 0 spiro atoms. The summed E-state index contributed by atoms with van der Waals surface area (Å²) in [6.07, 6.45) is 3.19. The second kappa shape index (κ2) is 8.33. The maximum atomic E-state index is 12.5. The van der Waals surface area contributed by atoms with Crippen LogP contribution in [0, 0.1) is 19.8 Å². The maximum absolute atomic E-state index is 12.5. The maximum Gasteiger partial charge on any atom is 0.321 e. The number of hydrogen-bond donors (Lipinski definition) is 3. The van der Waals surface area contributed by atoms with Crippen molar-refractivity contribution in [3.63, 3.8) is 0 Å². The van der Waals surface area contributed by atoms with Crippen molar-refractivity contribution < 1.29 is 4.79 Å². The van der Waals surface area contributed by atoms with Gasteiger partial charge in [0.2, 0.25) is 0 Å². The van der Waals surface area contributed by atoms with Crippen molar-refractivity contribution in [2.24, 2.45) is 5.92 Å². The Kier molecular flexibility index (Phi) is 5.64. The van der Waals surface area contributed by atoms with E-state index in [1.807, 2.05) is 36.1 Å². The number of likely N-dealkylation sites (tertiary alicyclic amines) is 1. The molecule has 28 heavy (non-hydrogen) atoms. The van der Waals surface area contributed by atoms with E-state index >= 15 is 0 Å². The van der Waals surface area contributed by atoms with Gasteiger partial charge in [-0.1, -0.05) is 47.5 Å². The number of nitrogens with one attached hydrogen (secondary N) is 3. The van der Waals surface area contributed by atoms with Crippen molar-refractivity contribution in [1.29, 1.82) is 0 Å². The number of aryl methyl sites for hydroxylation is 2. The zero-order valence-electron chi connectivity index (χ0n) is 16.7. The van der Waals surface area contributed by atoms with E-state index in [1.54, 1.807) is 0 Å². The van der Waals surface area contributed by atoms with Gasteiger partial charge in [-0.25, -0.2) is 4.79 Å². The highest BCUT2D eigenvalue weighted by Gasteiger charge is 2.34. The number of carbonyl (C=O) groups is 1. The summed E-state index contributed by atoms with van der Waals surface area (Å²) in [5, 5.41) is 3.02. The van der Waals surface area contributed by atoms with E-state index in [0.717, 1.165) is 38.0 Å². The summed E-state index contributed by atoms with van der Waals surface area (Å²) in [5.41, 5.74) is 11.7. The van der Waals surface area contributed by atoms with E-state index in [1.165, 1.54) is 16.7 Å². The highest BCUT2D eigenvalue weighted by molar-refractivity contribution is 5.89. The number of carbonyl (C=O) groups excluding carboxylic acids is 1. The first-order valence-corrected chi connectivity index (χ1v) is 10.3. The van der Waals surface area contributed by atoms with Gasteiger partial charge in [0.05, 0.1) is 0 Å². The van der Waals surface area contributed by atoms with Crippen LogP contribution in [0.3, 0.4) is 0 Å². The molecular weight excluding hydrogens is 348 g/mol. The van der Waals surface area contributed by atoms with Crippen LogP contribution in [0.2, 0.25) is 0 Å². The van der Waals surface area contributed by atoms with Crippen LogP contribution in [-0.2, 0) is 0 Å². The zero-order chi connectivity index (χ0) is 19.5. The van der Waals surface area contributed by atoms with E-state index in [0.29, 0.717) is 18.0 Å². The summed E-state index contributed by atoms with van der Waals surface area (Å²) in [6, 6.07) is 17.5. The largest absolute Gasteiger partial charge is 0.325 e. The van der Waals surface area contributed by atoms with Crippen LogP contribution >= 0.6 is 0 Å². The van der Waals surface area contributed by atoms with Crippen molar-refractivity contribution in [2.75, 3.05) is 18.4 Å². The predicted octanol–water partition coefficient (Wildman–Crippen LogP) is 4.16. The number of urea groups is 1. The van der Waals surface area contributed by atoms with Gasteiger partial charge in [-0.05, 0) is 56.7 Å². The highest BCUT2D eigenvalue weighted by atomic mass is 16.2. The Hall–Kier alpha value is -2.37. The molecule has 0 radical (unpaired) electrons. The number of hydrogen-bond acceptors (Lipinski definition) is 3. The molecule has 2 aliphatic heterocycles. The average molecular weight is 379 g/mol. The third kappa shape index (κ3) is 4.37. The van der Waals surface area contributed by atoms with E-state index in [9.17, 15) is 4.79 Å². The van der Waals surface area contributed by atoms with Gasteiger partial charge in [0.25, 0.3) is 0 Å². The molecule has 4 rings (SSSR count).